The predicted octanol–water partition coefficient (Wildman–Crippen LogP) is 4.07. The Balaban J connectivity index is 2.40. The van der Waals surface area contributed by atoms with Gasteiger partial charge in [0.25, 0.3) is 5.69 Å². The van der Waals surface area contributed by atoms with E-state index in [4.69, 9.17) is 4.74 Å². The first-order chi connectivity index (χ1) is 10.9. The molecule has 3 rings (SSSR count). The van der Waals surface area contributed by atoms with E-state index < -0.39 is 10.9 Å². The van der Waals surface area contributed by atoms with Crippen molar-refractivity contribution in [1.82, 2.24) is 4.57 Å². The number of nitro groups is 1. The highest BCUT2D eigenvalue weighted by Gasteiger charge is 2.17. The van der Waals surface area contributed by atoms with Crippen LogP contribution in [0, 0.1) is 10.1 Å². The second kappa shape index (κ2) is 5.39. The highest BCUT2D eigenvalue weighted by Crippen LogP contribution is 2.34. The molecule has 2 aromatic carbocycles. The second-order valence-electron chi connectivity index (χ2n) is 5.65. The molecule has 0 bridgehead atoms. The van der Waals surface area contributed by atoms with Crippen LogP contribution in [0.4, 0.5) is 5.69 Å². The van der Waals surface area contributed by atoms with Crippen molar-refractivity contribution in [1.29, 1.82) is 0 Å². The van der Waals surface area contributed by atoms with Gasteiger partial charge in [-0.2, -0.15) is 0 Å². The van der Waals surface area contributed by atoms with Crippen LogP contribution in [0.15, 0.2) is 36.4 Å². The van der Waals surface area contributed by atoms with E-state index in [2.05, 4.69) is 4.57 Å². The number of carbonyl (C=O) groups is 1. The molecule has 0 atom stereocenters. The summed E-state index contributed by atoms with van der Waals surface area (Å²) in [6.45, 7) is 4.07. The van der Waals surface area contributed by atoms with Gasteiger partial charge in [0, 0.05) is 34.5 Å². The number of ether oxygens (including phenoxy) is 1. The number of methoxy groups -OCH3 is 1. The van der Waals surface area contributed by atoms with Crippen molar-refractivity contribution in [3.8, 4) is 0 Å². The van der Waals surface area contributed by atoms with Crippen molar-refractivity contribution in [3.63, 3.8) is 0 Å². The summed E-state index contributed by atoms with van der Waals surface area (Å²) >= 11 is 0. The minimum atomic E-state index is -0.404. The van der Waals surface area contributed by atoms with Crippen molar-refractivity contribution >= 4 is 33.5 Å². The lowest BCUT2D eigenvalue weighted by atomic mass is 10.1. The molecule has 0 unspecified atom stereocenters. The van der Waals surface area contributed by atoms with Crippen LogP contribution in [0.3, 0.4) is 0 Å². The van der Waals surface area contributed by atoms with Crippen LogP contribution in [0.1, 0.15) is 30.2 Å². The summed E-state index contributed by atoms with van der Waals surface area (Å²) in [5, 5.41) is 12.7. The first kappa shape index (κ1) is 15.0. The Bertz CT molecular complexity index is 941. The number of rotatable bonds is 3. The summed E-state index contributed by atoms with van der Waals surface area (Å²) in [6.07, 6.45) is 0. The van der Waals surface area contributed by atoms with Crippen LogP contribution in [-0.4, -0.2) is 22.6 Å². The molecular weight excluding hydrogens is 296 g/mol. The molecule has 0 aliphatic rings. The quantitative estimate of drug-likeness (QED) is 0.415. The van der Waals surface area contributed by atoms with Crippen LogP contribution in [0.2, 0.25) is 0 Å². The third-order valence-electron chi connectivity index (χ3n) is 3.94. The maximum atomic E-state index is 11.8. The molecule has 3 aromatic rings. The van der Waals surface area contributed by atoms with E-state index in [1.54, 1.807) is 24.3 Å². The summed E-state index contributed by atoms with van der Waals surface area (Å²) in [6, 6.07) is 10.2. The molecule has 0 amide bonds. The lowest BCUT2D eigenvalue weighted by Crippen LogP contribution is -2.03. The molecule has 118 valence electrons. The first-order valence-electron chi connectivity index (χ1n) is 7.24. The maximum Gasteiger partial charge on any atom is 0.337 e. The molecule has 1 heterocycles. The number of hydrogen-bond donors (Lipinski definition) is 0. The number of hydrogen-bond acceptors (Lipinski definition) is 4. The Morgan fingerprint density at radius 2 is 1.87 bits per heavy atom. The van der Waals surface area contributed by atoms with E-state index in [1.807, 2.05) is 19.9 Å². The van der Waals surface area contributed by atoms with Gasteiger partial charge in [-0.1, -0.05) is 6.07 Å². The third kappa shape index (κ3) is 2.32. The van der Waals surface area contributed by atoms with Crippen LogP contribution < -0.4 is 0 Å². The van der Waals surface area contributed by atoms with E-state index in [9.17, 15) is 14.9 Å². The molecular formula is C17H16N2O4. The second-order valence-corrected chi connectivity index (χ2v) is 5.65. The minimum Gasteiger partial charge on any atom is -0.465 e. The van der Waals surface area contributed by atoms with Crippen molar-refractivity contribution < 1.29 is 14.5 Å². The summed E-state index contributed by atoms with van der Waals surface area (Å²) in [4.78, 5) is 22.4. The van der Waals surface area contributed by atoms with Crippen molar-refractivity contribution in [2.45, 2.75) is 19.9 Å². The average Bonchev–Trinajstić information content (AvgIpc) is 2.86. The van der Waals surface area contributed by atoms with Gasteiger partial charge in [-0.3, -0.25) is 10.1 Å². The highest BCUT2D eigenvalue weighted by atomic mass is 16.6. The molecule has 0 saturated carbocycles. The smallest absolute Gasteiger partial charge is 0.337 e. The summed E-state index contributed by atoms with van der Waals surface area (Å²) in [7, 11) is 1.34. The monoisotopic (exact) mass is 312 g/mol. The van der Waals surface area contributed by atoms with E-state index in [0.717, 1.165) is 21.8 Å². The van der Waals surface area contributed by atoms with Gasteiger partial charge in [0.1, 0.15) is 0 Å². The van der Waals surface area contributed by atoms with Gasteiger partial charge in [-0.15, -0.1) is 0 Å². The number of benzene rings is 2. The third-order valence-corrected chi connectivity index (χ3v) is 3.94. The Kier molecular flexibility index (Phi) is 3.52. The molecule has 23 heavy (non-hydrogen) atoms. The number of fused-ring (bicyclic) bond motifs is 3. The Labute approximate surface area is 132 Å². The molecule has 0 aliphatic heterocycles. The van der Waals surface area contributed by atoms with Gasteiger partial charge >= 0.3 is 5.97 Å². The fourth-order valence-electron chi connectivity index (χ4n) is 2.95. The van der Waals surface area contributed by atoms with E-state index in [-0.39, 0.29) is 11.7 Å². The molecule has 1 aromatic heterocycles. The number of nitrogens with zero attached hydrogens (tertiary/aromatic N) is 2. The highest BCUT2D eigenvalue weighted by molar-refractivity contribution is 6.10. The van der Waals surface area contributed by atoms with Crippen molar-refractivity contribution in [3.05, 3.63) is 52.1 Å². The van der Waals surface area contributed by atoms with Gasteiger partial charge in [0.15, 0.2) is 0 Å². The molecule has 6 heteroatoms. The van der Waals surface area contributed by atoms with Crippen molar-refractivity contribution in [2.24, 2.45) is 0 Å². The van der Waals surface area contributed by atoms with E-state index in [0.29, 0.717) is 5.56 Å². The molecule has 0 radical (unpaired) electrons. The summed E-state index contributed by atoms with van der Waals surface area (Å²) in [5.41, 5.74) is 2.28. The number of carbonyl (C=O) groups excluding carboxylic acids is 1. The van der Waals surface area contributed by atoms with Gasteiger partial charge in [0.05, 0.1) is 23.1 Å². The molecule has 0 fully saturated rings. The molecule has 0 spiro atoms. The first-order valence-corrected chi connectivity index (χ1v) is 7.24. The number of esters is 1. The van der Waals surface area contributed by atoms with Crippen LogP contribution in [0.5, 0.6) is 0 Å². The molecule has 6 nitrogen and oxygen atoms in total. The fourth-order valence-corrected chi connectivity index (χ4v) is 2.95. The Morgan fingerprint density at radius 1 is 1.13 bits per heavy atom. The van der Waals surface area contributed by atoms with Gasteiger partial charge < -0.3 is 9.30 Å². The number of aromatic nitrogens is 1. The zero-order valence-electron chi connectivity index (χ0n) is 13.1. The number of non-ortho nitro benzene ring substituents is 1. The van der Waals surface area contributed by atoms with Gasteiger partial charge in [-0.25, -0.2) is 4.79 Å². The maximum absolute atomic E-state index is 11.8. The molecule has 0 saturated heterocycles. The lowest BCUT2D eigenvalue weighted by molar-refractivity contribution is -0.384. The van der Waals surface area contributed by atoms with E-state index in [1.165, 1.54) is 13.2 Å². The Hall–Kier alpha value is -2.89. The summed E-state index contributed by atoms with van der Waals surface area (Å²) in [5.74, 6) is -0.404. The topological polar surface area (TPSA) is 74.4 Å². The standard InChI is InChI=1S/C17H16N2O4/c1-10(2)18-15-7-5-12(19(21)22)9-14(15)13-6-4-11(8-16(13)18)17(20)23-3/h4-10H,1-3H3. The molecule has 0 aliphatic carbocycles. The zero-order valence-corrected chi connectivity index (χ0v) is 13.1. The van der Waals surface area contributed by atoms with Crippen molar-refractivity contribution in [2.75, 3.05) is 7.11 Å². The largest absolute Gasteiger partial charge is 0.465 e. The lowest BCUT2D eigenvalue weighted by Gasteiger charge is -2.11. The molecule has 0 N–H and O–H groups in total. The predicted molar refractivity (Wildman–Crippen MR) is 87.8 cm³/mol. The Morgan fingerprint density at radius 3 is 2.48 bits per heavy atom. The van der Waals surface area contributed by atoms with Crippen LogP contribution >= 0.6 is 0 Å². The SMILES string of the molecule is COC(=O)c1ccc2c3cc([N+](=O)[O-])ccc3n(C(C)C)c2c1. The minimum absolute atomic E-state index is 0.0531. The van der Waals surface area contributed by atoms with Crippen LogP contribution in [-0.2, 0) is 4.74 Å². The van der Waals surface area contributed by atoms with E-state index >= 15 is 0 Å². The fraction of sp³-hybridized carbons (Fsp3) is 0.235. The normalized spacial score (nSPS) is 11.3. The average molecular weight is 312 g/mol. The summed E-state index contributed by atoms with van der Waals surface area (Å²) < 4.78 is 6.84. The number of nitro benzene ring substituents is 1. The van der Waals surface area contributed by atoms with Crippen LogP contribution in [0.25, 0.3) is 21.8 Å². The van der Waals surface area contributed by atoms with Gasteiger partial charge in [-0.05, 0) is 32.0 Å². The zero-order chi connectivity index (χ0) is 16.7. The van der Waals surface area contributed by atoms with Gasteiger partial charge in [0.2, 0.25) is 0 Å².